The first-order chi connectivity index (χ1) is 15.6. The molecule has 0 atom stereocenters. The molecule has 3 aromatic rings. The highest BCUT2D eigenvalue weighted by atomic mass is 19.1. The summed E-state index contributed by atoms with van der Waals surface area (Å²) in [6.45, 7) is 3.37. The molecule has 1 heterocycles. The third kappa shape index (κ3) is 6.76. The van der Waals surface area contributed by atoms with Crippen LogP contribution in [0.3, 0.4) is 0 Å². The highest BCUT2D eigenvalue weighted by molar-refractivity contribution is 5.61. The van der Waals surface area contributed by atoms with Crippen LogP contribution in [0.2, 0.25) is 0 Å². The van der Waals surface area contributed by atoms with Crippen molar-refractivity contribution in [2.24, 2.45) is 0 Å². The number of aryl methyl sites for hydroxylation is 1. The van der Waals surface area contributed by atoms with Crippen LogP contribution < -0.4 is 20.1 Å². The van der Waals surface area contributed by atoms with Gasteiger partial charge in [0.1, 0.15) is 25.4 Å². The van der Waals surface area contributed by atoms with Gasteiger partial charge >= 0.3 is 0 Å². The molecule has 0 unspecified atom stereocenters. The predicted molar refractivity (Wildman–Crippen MR) is 119 cm³/mol. The molecule has 32 heavy (non-hydrogen) atoms. The first-order valence-electron chi connectivity index (χ1n) is 9.96. The number of rotatable bonds is 12. The fraction of sp³-hybridized carbons (Fsp3) is 0.318. The summed E-state index contributed by atoms with van der Waals surface area (Å²) in [6.07, 6.45) is 1.36. The predicted octanol–water partition coefficient (Wildman–Crippen LogP) is 3.86. The lowest BCUT2D eigenvalue weighted by molar-refractivity contribution is 0.132. The van der Waals surface area contributed by atoms with E-state index in [0.29, 0.717) is 60.8 Å². The van der Waals surface area contributed by atoms with Crippen LogP contribution in [0.5, 0.6) is 11.5 Å². The average molecular weight is 443 g/mol. The summed E-state index contributed by atoms with van der Waals surface area (Å²) in [5, 5.41) is 6.08. The Labute approximate surface area is 185 Å². The summed E-state index contributed by atoms with van der Waals surface area (Å²) in [7, 11) is 3.22. The van der Waals surface area contributed by atoms with Gasteiger partial charge in [0.2, 0.25) is 11.9 Å². The second-order valence-electron chi connectivity index (χ2n) is 6.69. The molecule has 0 fully saturated rings. The number of hydrogen-bond acceptors (Lipinski definition) is 9. The number of hydrogen-bond donors (Lipinski definition) is 2. The maximum absolute atomic E-state index is 13.8. The molecule has 0 aliphatic heterocycles. The maximum atomic E-state index is 13.8. The Morgan fingerprint density at radius 2 is 1.38 bits per heavy atom. The third-order valence-corrected chi connectivity index (χ3v) is 4.29. The standard InChI is InChI=1S/C22H26FN5O4/c1-15-4-5-16(12-18(15)23)26-21-24-14-25-22(28-21)27-17-6-7-19(31-10-8-29-2)20(13-17)32-11-9-30-3/h4-7,12-14H,8-11H2,1-3H3,(H2,24,25,26,27,28). The van der Waals surface area contributed by atoms with Crippen LogP contribution in [0, 0.1) is 12.7 Å². The second-order valence-corrected chi connectivity index (χ2v) is 6.69. The average Bonchev–Trinajstić information content (AvgIpc) is 2.78. The fourth-order valence-electron chi connectivity index (χ4n) is 2.63. The number of aromatic nitrogens is 3. The van der Waals surface area contributed by atoms with Gasteiger partial charge in [0.15, 0.2) is 11.5 Å². The zero-order chi connectivity index (χ0) is 22.8. The van der Waals surface area contributed by atoms with Gasteiger partial charge in [0.05, 0.1) is 13.2 Å². The Morgan fingerprint density at radius 3 is 2.00 bits per heavy atom. The Kier molecular flexibility index (Phi) is 8.52. The number of nitrogens with zero attached hydrogens (tertiary/aromatic N) is 3. The minimum Gasteiger partial charge on any atom is -0.487 e. The lowest BCUT2D eigenvalue weighted by atomic mass is 10.2. The van der Waals surface area contributed by atoms with E-state index in [2.05, 4.69) is 25.6 Å². The summed E-state index contributed by atoms with van der Waals surface area (Å²) < 4.78 is 35.3. The van der Waals surface area contributed by atoms with Gasteiger partial charge in [-0.2, -0.15) is 4.98 Å². The van der Waals surface area contributed by atoms with Crippen molar-refractivity contribution in [3.8, 4) is 11.5 Å². The van der Waals surface area contributed by atoms with E-state index in [1.807, 2.05) is 6.07 Å². The molecule has 10 heteroatoms. The minimum atomic E-state index is -0.309. The first kappa shape index (κ1) is 23.2. The van der Waals surface area contributed by atoms with Crippen molar-refractivity contribution >= 4 is 23.3 Å². The van der Waals surface area contributed by atoms with Crippen LogP contribution in [0.15, 0.2) is 42.7 Å². The van der Waals surface area contributed by atoms with E-state index < -0.39 is 0 Å². The van der Waals surface area contributed by atoms with Crippen molar-refractivity contribution in [2.75, 3.05) is 51.3 Å². The number of benzene rings is 2. The van der Waals surface area contributed by atoms with Gasteiger partial charge in [-0.05, 0) is 36.8 Å². The van der Waals surface area contributed by atoms with Gasteiger partial charge in [0, 0.05) is 31.7 Å². The monoisotopic (exact) mass is 443 g/mol. The molecule has 170 valence electrons. The highest BCUT2D eigenvalue weighted by Crippen LogP contribution is 2.31. The molecule has 0 aliphatic rings. The Bertz CT molecular complexity index is 1020. The molecule has 2 N–H and O–H groups in total. The van der Waals surface area contributed by atoms with E-state index in [1.165, 1.54) is 12.4 Å². The van der Waals surface area contributed by atoms with Gasteiger partial charge in [-0.3, -0.25) is 0 Å². The Hall–Kier alpha value is -3.50. The van der Waals surface area contributed by atoms with Crippen LogP contribution in [0.1, 0.15) is 5.56 Å². The van der Waals surface area contributed by atoms with Crippen LogP contribution >= 0.6 is 0 Å². The van der Waals surface area contributed by atoms with Crippen molar-refractivity contribution in [3.63, 3.8) is 0 Å². The number of nitrogens with one attached hydrogen (secondary N) is 2. The van der Waals surface area contributed by atoms with E-state index in [4.69, 9.17) is 18.9 Å². The Balaban J connectivity index is 1.73. The molecule has 2 aromatic carbocycles. The van der Waals surface area contributed by atoms with Gasteiger partial charge in [-0.25, -0.2) is 14.4 Å². The van der Waals surface area contributed by atoms with E-state index in [0.717, 1.165) is 0 Å². The second kappa shape index (κ2) is 11.8. The van der Waals surface area contributed by atoms with Crippen molar-refractivity contribution in [2.45, 2.75) is 6.92 Å². The molecule has 3 rings (SSSR count). The number of ether oxygens (including phenoxy) is 4. The lowest BCUT2D eigenvalue weighted by Crippen LogP contribution is -2.09. The zero-order valence-electron chi connectivity index (χ0n) is 18.2. The molecule has 0 radical (unpaired) electrons. The molecule has 0 spiro atoms. The molecular weight excluding hydrogens is 417 g/mol. The molecule has 0 saturated carbocycles. The van der Waals surface area contributed by atoms with E-state index >= 15 is 0 Å². The highest BCUT2D eigenvalue weighted by Gasteiger charge is 2.09. The maximum Gasteiger partial charge on any atom is 0.232 e. The number of halogens is 1. The van der Waals surface area contributed by atoms with Crippen LogP contribution in [0.25, 0.3) is 0 Å². The molecule has 0 bridgehead atoms. The quantitative estimate of drug-likeness (QED) is 0.404. The van der Waals surface area contributed by atoms with Crippen LogP contribution in [0.4, 0.5) is 27.7 Å². The smallest absolute Gasteiger partial charge is 0.232 e. The molecule has 0 saturated heterocycles. The summed E-state index contributed by atoms with van der Waals surface area (Å²) >= 11 is 0. The van der Waals surface area contributed by atoms with Crippen LogP contribution in [-0.4, -0.2) is 55.6 Å². The topological polar surface area (TPSA) is 99.7 Å². The lowest BCUT2D eigenvalue weighted by Gasteiger charge is -2.14. The largest absolute Gasteiger partial charge is 0.487 e. The van der Waals surface area contributed by atoms with Crippen molar-refractivity contribution < 1.29 is 23.3 Å². The number of anilines is 4. The van der Waals surface area contributed by atoms with E-state index in [-0.39, 0.29) is 11.8 Å². The molecular formula is C22H26FN5O4. The van der Waals surface area contributed by atoms with Gasteiger partial charge in [0.25, 0.3) is 0 Å². The zero-order valence-corrected chi connectivity index (χ0v) is 18.2. The summed E-state index contributed by atoms with van der Waals surface area (Å²) in [5.41, 5.74) is 1.79. The number of methoxy groups -OCH3 is 2. The summed E-state index contributed by atoms with van der Waals surface area (Å²) in [6, 6.07) is 10.2. The summed E-state index contributed by atoms with van der Waals surface area (Å²) in [4.78, 5) is 12.6. The minimum absolute atomic E-state index is 0.279. The normalized spacial score (nSPS) is 10.6. The first-order valence-corrected chi connectivity index (χ1v) is 9.96. The summed E-state index contributed by atoms with van der Waals surface area (Å²) in [5.74, 6) is 1.41. The molecule has 0 amide bonds. The van der Waals surface area contributed by atoms with E-state index in [1.54, 1.807) is 45.4 Å². The van der Waals surface area contributed by atoms with Crippen LogP contribution in [-0.2, 0) is 9.47 Å². The van der Waals surface area contributed by atoms with Gasteiger partial charge in [-0.15, -0.1) is 0 Å². The van der Waals surface area contributed by atoms with Crippen molar-refractivity contribution in [1.82, 2.24) is 15.0 Å². The fourth-order valence-corrected chi connectivity index (χ4v) is 2.63. The molecule has 1 aromatic heterocycles. The Morgan fingerprint density at radius 1 is 0.781 bits per heavy atom. The molecule has 0 aliphatic carbocycles. The van der Waals surface area contributed by atoms with Gasteiger partial charge in [-0.1, -0.05) is 6.07 Å². The molecule has 9 nitrogen and oxygen atoms in total. The van der Waals surface area contributed by atoms with Crippen molar-refractivity contribution in [3.05, 3.63) is 54.1 Å². The van der Waals surface area contributed by atoms with Crippen molar-refractivity contribution in [1.29, 1.82) is 0 Å². The van der Waals surface area contributed by atoms with Gasteiger partial charge < -0.3 is 29.6 Å². The SMILES string of the molecule is COCCOc1ccc(Nc2ncnc(Nc3ccc(C)c(F)c3)n2)cc1OCCOC. The van der Waals surface area contributed by atoms with E-state index in [9.17, 15) is 4.39 Å². The third-order valence-electron chi connectivity index (χ3n) is 4.29.